The smallest absolute Gasteiger partial charge is 0.254 e. The molecule has 0 bridgehead atoms. The van der Waals surface area contributed by atoms with Crippen molar-refractivity contribution in [3.63, 3.8) is 0 Å². The van der Waals surface area contributed by atoms with Crippen molar-refractivity contribution in [3.8, 4) is 11.5 Å². The Hall–Kier alpha value is -3.41. The van der Waals surface area contributed by atoms with Crippen molar-refractivity contribution in [1.82, 2.24) is 0 Å². The fourth-order valence-electron chi connectivity index (χ4n) is 5.36. The van der Waals surface area contributed by atoms with Crippen molar-refractivity contribution in [2.75, 3.05) is 19.0 Å². The summed E-state index contributed by atoms with van der Waals surface area (Å²) in [7, 11) is 1.57. The lowest BCUT2D eigenvalue weighted by molar-refractivity contribution is -0.124. The van der Waals surface area contributed by atoms with Gasteiger partial charge in [0.05, 0.1) is 25.3 Å². The van der Waals surface area contributed by atoms with Crippen LogP contribution in [0.2, 0.25) is 0 Å². The number of benzene rings is 2. The number of carbonyl (C=O) groups excluding carboxylic acids is 2. The molecule has 0 spiro atoms. The van der Waals surface area contributed by atoms with E-state index in [1.807, 2.05) is 43.3 Å². The minimum absolute atomic E-state index is 0.119. The average Bonchev–Trinajstić information content (AvgIpc) is 2.83. The molecule has 6 heteroatoms. The van der Waals surface area contributed by atoms with E-state index >= 15 is 0 Å². The maximum Gasteiger partial charge on any atom is 0.254 e. The number of rotatable bonds is 8. The number of methoxy groups -OCH3 is 1. The SMILES string of the molecule is CCCCOc1ccccc1[C@H]1C(C(=O)Nc2ccccc2OC)=C(C)N=C2CC(C)(C)CC(=O)C21. The zero-order chi connectivity index (χ0) is 25.9. The van der Waals surface area contributed by atoms with Crippen molar-refractivity contribution in [2.24, 2.45) is 16.3 Å². The Bertz CT molecular complexity index is 1210. The summed E-state index contributed by atoms with van der Waals surface area (Å²) in [5.41, 5.74) is 3.25. The van der Waals surface area contributed by atoms with Crippen molar-refractivity contribution >= 4 is 23.1 Å². The Morgan fingerprint density at radius 1 is 1.06 bits per heavy atom. The van der Waals surface area contributed by atoms with Gasteiger partial charge in [0.25, 0.3) is 5.91 Å². The lowest BCUT2D eigenvalue weighted by atomic mass is 9.63. The van der Waals surface area contributed by atoms with Gasteiger partial charge in [0.1, 0.15) is 17.3 Å². The number of amides is 1. The van der Waals surface area contributed by atoms with E-state index < -0.39 is 11.8 Å². The summed E-state index contributed by atoms with van der Waals surface area (Å²) >= 11 is 0. The van der Waals surface area contributed by atoms with Gasteiger partial charge in [-0.3, -0.25) is 14.6 Å². The van der Waals surface area contributed by atoms with E-state index in [1.54, 1.807) is 19.2 Å². The molecule has 0 saturated heterocycles. The predicted molar refractivity (Wildman–Crippen MR) is 143 cm³/mol. The molecular weight excluding hydrogens is 452 g/mol. The number of ketones is 1. The third-order valence-electron chi connectivity index (χ3n) is 6.97. The van der Waals surface area contributed by atoms with Crippen LogP contribution in [0.1, 0.15) is 64.9 Å². The highest BCUT2D eigenvalue weighted by molar-refractivity contribution is 6.14. The van der Waals surface area contributed by atoms with Gasteiger partial charge in [-0.25, -0.2) is 0 Å². The van der Waals surface area contributed by atoms with Gasteiger partial charge in [-0.05, 0) is 43.4 Å². The van der Waals surface area contributed by atoms with Crippen molar-refractivity contribution in [1.29, 1.82) is 0 Å². The van der Waals surface area contributed by atoms with Gasteiger partial charge < -0.3 is 14.8 Å². The lowest BCUT2D eigenvalue weighted by Crippen LogP contribution is -2.44. The molecule has 1 saturated carbocycles. The Morgan fingerprint density at radius 3 is 2.47 bits per heavy atom. The summed E-state index contributed by atoms with van der Waals surface area (Å²) in [5.74, 6) is 0.147. The molecule has 2 atom stereocenters. The number of hydrogen-bond acceptors (Lipinski definition) is 5. The maximum atomic E-state index is 13.9. The highest BCUT2D eigenvalue weighted by Gasteiger charge is 2.48. The van der Waals surface area contributed by atoms with Gasteiger partial charge in [-0.2, -0.15) is 0 Å². The van der Waals surface area contributed by atoms with Gasteiger partial charge in [-0.15, -0.1) is 0 Å². The van der Waals surface area contributed by atoms with Crippen LogP contribution in [0.25, 0.3) is 0 Å². The number of nitrogens with zero attached hydrogens (tertiary/aromatic N) is 1. The topological polar surface area (TPSA) is 77.0 Å². The quantitative estimate of drug-likeness (QED) is 0.441. The highest BCUT2D eigenvalue weighted by atomic mass is 16.5. The largest absolute Gasteiger partial charge is 0.495 e. The van der Waals surface area contributed by atoms with Crippen LogP contribution in [0.3, 0.4) is 0 Å². The van der Waals surface area contributed by atoms with Crippen molar-refractivity contribution in [3.05, 3.63) is 65.4 Å². The fourth-order valence-corrected chi connectivity index (χ4v) is 5.36. The number of Topliss-reactive ketones (excluding diaryl/α,β-unsaturated/α-hetero) is 1. The van der Waals surface area contributed by atoms with Crippen LogP contribution in [-0.4, -0.2) is 31.1 Å². The Balaban J connectivity index is 1.82. The summed E-state index contributed by atoms with van der Waals surface area (Å²) in [5, 5.41) is 3.02. The summed E-state index contributed by atoms with van der Waals surface area (Å²) in [6.45, 7) is 8.76. The number of anilines is 1. The summed E-state index contributed by atoms with van der Waals surface area (Å²) in [6.07, 6.45) is 3.12. The number of nitrogens with one attached hydrogen (secondary N) is 1. The first-order valence-corrected chi connectivity index (χ1v) is 12.7. The van der Waals surface area contributed by atoms with E-state index in [4.69, 9.17) is 14.5 Å². The van der Waals surface area contributed by atoms with Crippen LogP contribution < -0.4 is 14.8 Å². The van der Waals surface area contributed by atoms with Gasteiger partial charge >= 0.3 is 0 Å². The molecule has 1 fully saturated rings. The predicted octanol–water partition coefficient (Wildman–Crippen LogP) is 6.33. The molecule has 2 aromatic rings. The molecule has 0 radical (unpaired) electrons. The van der Waals surface area contributed by atoms with E-state index in [1.165, 1.54) is 0 Å². The number of aliphatic imine (C=N–C) groups is 1. The van der Waals surface area contributed by atoms with E-state index in [-0.39, 0.29) is 17.1 Å². The van der Waals surface area contributed by atoms with E-state index in [0.717, 1.165) is 30.5 Å². The van der Waals surface area contributed by atoms with Gasteiger partial charge in [-0.1, -0.05) is 57.5 Å². The first-order chi connectivity index (χ1) is 17.3. The first-order valence-electron chi connectivity index (χ1n) is 12.7. The molecule has 1 unspecified atom stereocenters. The number of carbonyl (C=O) groups is 2. The molecular formula is C30H36N2O4. The second-order valence-electron chi connectivity index (χ2n) is 10.4. The second kappa shape index (κ2) is 10.7. The number of unbranched alkanes of at least 4 members (excludes halogenated alkanes) is 1. The highest BCUT2D eigenvalue weighted by Crippen LogP contribution is 2.49. The van der Waals surface area contributed by atoms with Gasteiger partial charge in [0.2, 0.25) is 0 Å². The molecule has 1 heterocycles. The minimum atomic E-state index is -0.490. The zero-order valence-electron chi connectivity index (χ0n) is 21.9. The van der Waals surface area contributed by atoms with Crippen LogP contribution in [0.4, 0.5) is 5.69 Å². The van der Waals surface area contributed by atoms with Crippen LogP contribution in [0, 0.1) is 11.3 Å². The molecule has 1 N–H and O–H groups in total. The van der Waals surface area contributed by atoms with Crippen LogP contribution in [0.15, 0.2) is 64.8 Å². The van der Waals surface area contributed by atoms with Crippen molar-refractivity contribution < 1.29 is 19.1 Å². The standard InChI is InChI=1S/C30H36N2O4/c1-6-7-16-36-24-14-10-8-12-20(24)27-26(29(34)32-21-13-9-11-15-25(21)35-5)19(2)31-22-17-30(3,4)18-23(33)28(22)27/h8-15,27-28H,6-7,16-18H2,1-5H3,(H,32,34)/t27-,28?/m0/s1. The third-order valence-corrected chi connectivity index (χ3v) is 6.97. The average molecular weight is 489 g/mol. The Labute approximate surface area is 213 Å². The summed E-state index contributed by atoms with van der Waals surface area (Å²) in [6, 6.07) is 15.1. The molecule has 1 amide bonds. The fraction of sp³-hybridized carbons (Fsp3) is 0.433. The molecule has 0 aromatic heterocycles. The minimum Gasteiger partial charge on any atom is -0.495 e. The van der Waals surface area contributed by atoms with E-state index in [2.05, 4.69) is 26.1 Å². The zero-order valence-corrected chi connectivity index (χ0v) is 21.9. The molecule has 190 valence electrons. The number of para-hydroxylation sites is 3. The van der Waals surface area contributed by atoms with E-state index in [0.29, 0.717) is 41.5 Å². The summed E-state index contributed by atoms with van der Waals surface area (Å²) < 4.78 is 11.6. The number of ether oxygens (including phenoxy) is 2. The summed E-state index contributed by atoms with van der Waals surface area (Å²) in [4.78, 5) is 32.4. The van der Waals surface area contributed by atoms with E-state index in [9.17, 15) is 9.59 Å². The molecule has 6 nitrogen and oxygen atoms in total. The normalized spacial score (nSPS) is 20.9. The maximum absolute atomic E-state index is 13.9. The van der Waals surface area contributed by atoms with Crippen LogP contribution >= 0.6 is 0 Å². The van der Waals surface area contributed by atoms with Crippen LogP contribution in [-0.2, 0) is 9.59 Å². The van der Waals surface area contributed by atoms with Crippen LogP contribution in [0.5, 0.6) is 11.5 Å². The Morgan fingerprint density at radius 2 is 1.75 bits per heavy atom. The monoisotopic (exact) mass is 488 g/mol. The number of hydrogen-bond donors (Lipinski definition) is 1. The molecule has 36 heavy (non-hydrogen) atoms. The van der Waals surface area contributed by atoms with Gasteiger partial charge in [0.15, 0.2) is 0 Å². The number of allylic oxidation sites excluding steroid dienone is 1. The van der Waals surface area contributed by atoms with Gasteiger partial charge in [0, 0.05) is 34.9 Å². The lowest BCUT2D eigenvalue weighted by Gasteiger charge is -2.41. The molecule has 2 aromatic carbocycles. The van der Waals surface area contributed by atoms with Crippen molar-refractivity contribution in [2.45, 2.75) is 59.3 Å². The molecule has 4 rings (SSSR count). The molecule has 1 aliphatic carbocycles. The molecule has 1 aliphatic heterocycles. The molecule has 2 aliphatic rings. The first kappa shape index (κ1) is 25.7. The third kappa shape index (κ3) is 5.23. The second-order valence-corrected chi connectivity index (χ2v) is 10.4. The number of fused-ring (bicyclic) bond motifs is 1. The Kier molecular flexibility index (Phi) is 7.62.